The molecular weight excluding hydrogens is 478 g/mol. The maximum atomic E-state index is 12.8. The molecule has 2 aromatic carbocycles. The molecule has 0 atom stereocenters. The van der Waals surface area contributed by atoms with Crippen molar-refractivity contribution in [3.05, 3.63) is 69.8 Å². The number of hydrogen-bond acceptors (Lipinski definition) is 3. The number of hydrogen-bond donors (Lipinski definition) is 2. The molecule has 0 radical (unpaired) electrons. The smallest absolute Gasteiger partial charge is 0.416 e. The lowest BCUT2D eigenvalue weighted by atomic mass is 9.97. The van der Waals surface area contributed by atoms with Gasteiger partial charge in [0.25, 0.3) is 0 Å². The molecule has 0 fully saturated rings. The Morgan fingerprint density at radius 1 is 1.03 bits per heavy atom. The van der Waals surface area contributed by atoms with Crippen LogP contribution in [0.25, 0.3) is 12.2 Å². The normalized spacial score (nSPS) is 12.1. The van der Waals surface area contributed by atoms with Crippen LogP contribution in [0.15, 0.2) is 42.0 Å². The van der Waals surface area contributed by atoms with Gasteiger partial charge in [0.2, 0.25) is 0 Å². The number of carboxylic acid groups (broad SMARTS) is 1. The van der Waals surface area contributed by atoms with Crippen LogP contribution in [0, 0.1) is 0 Å². The summed E-state index contributed by atoms with van der Waals surface area (Å²) < 4.78 is 81.1. The second kappa shape index (κ2) is 11.3. The number of aromatic hydroxyl groups is 1. The number of carboxylic acids is 1. The number of ether oxygens (including phenoxy) is 1. The maximum absolute atomic E-state index is 12.8. The third kappa shape index (κ3) is 8.38. The molecule has 4 nitrogen and oxygen atoms in total. The zero-order valence-electron chi connectivity index (χ0n) is 18.9. The van der Waals surface area contributed by atoms with Gasteiger partial charge < -0.3 is 14.9 Å². The highest BCUT2D eigenvalue weighted by molar-refractivity contribution is 5.97. The quantitative estimate of drug-likeness (QED) is 0.161. The Morgan fingerprint density at radius 3 is 2.17 bits per heavy atom. The summed E-state index contributed by atoms with van der Waals surface area (Å²) >= 11 is 0. The van der Waals surface area contributed by atoms with E-state index in [0.717, 1.165) is 17.7 Å². The van der Waals surface area contributed by atoms with Crippen molar-refractivity contribution >= 4 is 18.1 Å². The van der Waals surface area contributed by atoms with Gasteiger partial charge >= 0.3 is 18.3 Å². The average molecular weight is 502 g/mol. The van der Waals surface area contributed by atoms with E-state index in [1.165, 1.54) is 30.4 Å². The molecule has 0 heterocycles. The Hall–Kier alpha value is -3.43. The van der Waals surface area contributed by atoms with Gasteiger partial charge in [0, 0.05) is 12.0 Å². The van der Waals surface area contributed by atoms with Crippen LogP contribution in [0.5, 0.6) is 11.5 Å². The monoisotopic (exact) mass is 502 g/mol. The number of rotatable bonds is 9. The van der Waals surface area contributed by atoms with Crippen LogP contribution >= 0.6 is 0 Å². The minimum absolute atomic E-state index is 0.0132. The first-order chi connectivity index (χ1) is 16.2. The van der Waals surface area contributed by atoms with Crippen LogP contribution in [0.3, 0.4) is 0 Å². The van der Waals surface area contributed by atoms with Gasteiger partial charge in [-0.25, -0.2) is 4.79 Å². The van der Waals surface area contributed by atoms with E-state index < -0.39 is 41.6 Å². The van der Waals surface area contributed by atoms with Crippen LogP contribution in [-0.4, -0.2) is 29.0 Å². The van der Waals surface area contributed by atoms with Crippen molar-refractivity contribution in [2.24, 2.45) is 0 Å². The minimum Gasteiger partial charge on any atom is -0.507 e. The van der Waals surface area contributed by atoms with Crippen molar-refractivity contribution in [1.82, 2.24) is 0 Å². The highest BCUT2D eigenvalue weighted by Gasteiger charge is 2.30. The minimum atomic E-state index is -4.51. The first kappa shape index (κ1) is 27.8. The molecule has 0 spiro atoms. The molecule has 0 bridgehead atoms. The lowest BCUT2D eigenvalue weighted by molar-refractivity contribution is -0.138. The second-order valence-electron chi connectivity index (χ2n) is 7.98. The van der Waals surface area contributed by atoms with Crippen LogP contribution in [0.4, 0.5) is 26.3 Å². The summed E-state index contributed by atoms with van der Waals surface area (Å²) in [5.74, 6) is -2.05. The lowest BCUT2D eigenvalue weighted by Gasteiger charge is -2.16. The number of carbonyl (C=O) groups is 1. The molecule has 0 amide bonds. The van der Waals surface area contributed by atoms with Gasteiger partial charge in [-0.1, -0.05) is 35.9 Å². The summed E-state index contributed by atoms with van der Waals surface area (Å²) in [5.41, 5.74) is -0.0562. The SMILES string of the molecule is CC(C)=CCc1c(OCCCC(F)(F)F)cc(C=Cc2ccc(C(F)(F)F)cc2)c(C(=O)O)c1O. The van der Waals surface area contributed by atoms with Crippen LogP contribution < -0.4 is 4.74 Å². The van der Waals surface area contributed by atoms with Crippen LogP contribution in [0.1, 0.15) is 59.3 Å². The summed E-state index contributed by atoms with van der Waals surface area (Å²) in [6.07, 6.45) is -5.89. The summed E-state index contributed by atoms with van der Waals surface area (Å²) in [6.45, 7) is 3.23. The average Bonchev–Trinajstić information content (AvgIpc) is 2.73. The van der Waals surface area contributed by atoms with Gasteiger partial charge in [0.1, 0.15) is 17.1 Å². The number of allylic oxidation sites excluding steroid dienone is 2. The molecule has 0 saturated carbocycles. The zero-order chi connectivity index (χ0) is 26.4. The predicted molar refractivity (Wildman–Crippen MR) is 119 cm³/mol. The Morgan fingerprint density at radius 2 is 1.66 bits per heavy atom. The molecule has 10 heteroatoms. The fourth-order valence-electron chi connectivity index (χ4n) is 3.12. The topological polar surface area (TPSA) is 66.8 Å². The summed E-state index contributed by atoms with van der Waals surface area (Å²) in [7, 11) is 0. The summed E-state index contributed by atoms with van der Waals surface area (Å²) in [5, 5.41) is 20.4. The van der Waals surface area contributed by atoms with Crippen molar-refractivity contribution in [2.45, 2.75) is 45.5 Å². The van der Waals surface area contributed by atoms with E-state index in [4.69, 9.17) is 4.74 Å². The first-order valence-electron chi connectivity index (χ1n) is 10.5. The van der Waals surface area contributed by atoms with Gasteiger partial charge in [-0.2, -0.15) is 26.3 Å². The molecule has 2 N–H and O–H groups in total. The molecule has 0 saturated heterocycles. The highest BCUT2D eigenvalue weighted by atomic mass is 19.4. The van der Waals surface area contributed by atoms with Crippen molar-refractivity contribution in [3.63, 3.8) is 0 Å². The van der Waals surface area contributed by atoms with E-state index in [2.05, 4.69) is 0 Å². The molecule has 0 aromatic heterocycles. The summed E-state index contributed by atoms with van der Waals surface area (Å²) in [4.78, 5) is 11.9. The number of aromatic carboxylic acids is 1. The van der Waals surface area contributed by atoms with Gasteiger partial charge in [-0.05, 0) is 56.0 Å². The van der Waals surface area contributed by atoms with E-state index in [1.54, 1.807) is 19.9 Å². The molecule has 0 aliphatic heterocycles. The Bertz CT molecular complexity index is 1090. The number of halogens is 6. The van der Waals surface area contributed by atoms with Gasteiger partial charge in [-0.15, -0.1) is 0 Å². The number of phenols is 1. The van der Waals surface area contributed by atoms with E-state index in [1.807, 2.05) is 0 Å². The third-order valence-corrected chi connectivity index (χ3v) is 4.88. The first-order valence-corrected chi connectivity index (χ1v) is 10.5. The molecule has 0 unspecified atom stereocenters. The van der Waals surface area contributed by atoms with E-state index in [0.29, 0.717) is 5.56 Å². The Labute approximate surface area is 198 Å². The van der Waals surface area contributed by atoms with E-state index in [9.17, 15) is 41.4 Å². The van der Waals surface area contributed by atoms with Gasteiger partial charge in [0.15, 0.2) is 0 Å². The zero-order valence-corrected chi connectivity index (χ0v) is 18.9. The number of alkyl halides is 6. The molecule has 2 rings (SSSR count). The molecular formula is C25H24F6O4. The third-order valence-electron chi connectivity index (χ3n) is 4.88. The van der Waals surface area contributed by atoms with Crippen molar-refractivity contribution in [2.75, 3.05) is 6.61 Å². The largest absolute Gasteiger partial charge is 0.507 e. The highest BCUT2D eigenvalue weighted by Crippen LogP contribution is 2.37. The fourth-order valence-corrected chi connectivity index (χ4v) is 3.12. The summed E-state index contributed by atoms with van der Waals surface area (Å²) in [6, 6.07) is 5.40. The Balaban J connectivity index is 2.46. The second-order valence-corrected chi connectivity index (χ2v) is 7.98. The molecule has 0 aliphatic carbocycles. The fraction of sp³-hybridized carbons (Fsp3) is 0.320. The van der Waals surface area contributed by atoms with Crippen LogP contribution in [0.2, 0.25) is 0 Å². The predicted octanol–water partition coefficient (Wildman–Crippen LogP) is 7.51. The van der Waals surface area contributed by atoms with Gasteiger partial charge in [-0.3, -0.25) is 0 Å². The number of benzene rings is 2. The van der Waals surface area contributed by atoms with Crippen molar-refractivity contribution in [1.29, 1.82) is 0 Å². The maximum Gasteiger partial charge on any atom is 0.416 e. The molecule has 190 valence electrons. The van der Waals surface area contributed by atoms with E-state index >= 15 is 0 Å². The van der Waals surface area contributed by atoms with Crippen molar-refractivity contribution in [3.8, 4) is 11.5 Å². The Kier molecular flexibility index (Phi) is 9.00. The standard InChI is InChI=1S/C25H24F6O4/c1-15(2)4-11-19-20(35-13-3-12-24(26,27)28)14-17(21(22(19)32)23(33)34)8-5-16-6-9-18(10-7-16)25(29,30)31/h4-10,14,32H,3,11-13H2,1-2H3,(H,33,34). The van der Waals surface area contributed by atoms with Crippen LogP contribution in [-0.2, 0) is 12.6 Å². The van der Waals surface area contributed by atoms with Crippen molar-refractivity contribution < 1.29 is 46.1 Å². The molecule has 2 aromatic rings. The molecule has 0 aliphatic rings. The molecule has 35 heavy (non-hydrogen) atoms. The van der Waals surface area contributed by atoms with E-state index in [-0.39, 0.29) is 36.3 Å². The van der Waals surface area contributed by atoms with Gasteiger partial charge in [0.05, 0.1) is 12.2 Å². The lowest BCUT2D eigenvalue weighted by Crippen LogP contribution is -2.11.